The van der Waals surface area contributed by atoms with Crippen molar-refractivity contribution in [2.75, 3.05) is 38.4 Å². The fourth-order valence-electron chi connectivity index (χ4n) is 2.46. The first-order valence-electron chi connectivity index (χ1n) is 7.16. The van der Waals surface area contributed by atoms with E-state index < -0.39 is 10.0 Å². The maximum atomic E-state index is 12.1. The van der Waals surface area contributed by atoms with Gasteiger partial charge in [-0.1, -0.05) is 22.9 Å². The van der Waals surface area contributed by atoms with Gasteiger partial charge in [-0.2, -0.15) is 0 Å². The molecule has 0 unspecified atom stereocenters. The van der Waals surface area contributed by atoms with Crippen molar-refractivity contribution in [1.29, 1.82) is 0 Å². The minimum Gasteiger partial charge on any atom is -0.379 e. The lowest BCUT2D eigenvalue weighted by Gasteiger charge is -2.20. The lowest BCUT2D eigenvalue weighted by atomic mass is 10.1. The molecular weight excluding hydrogens is 358 g/mol. The number of nitrogens with one attached hydrogen (secondary N) is 1. The Morgan fingerprint density at radius 1 is 1.43 bits per heavy atom. The number of ether oxygens (including phenoxy) is 1. The summed E-state index contributed by atoms with van der Waals surface area (Å²) < 4.78 is 31.9. The predicted octanol–water partition coefficient (Wildman–Crippen LogP) is 2.27. The van der Waals surface area contributed by atoms with Gasteiger partial charge in [-0.15, -0.1) is 0 Å². The molecule has 0 radical (unpaired) electrons. The second kappa shape index (κ2) is 6.52. The van der Waals surface area contributed by atoms with Gasteiger partial charge in [0.1, 0.15) is 0 Å². The van der Waals surface area contributed by atoms with Crippen LogP contribution in [0.3, 0.4) is 0 Å². The minimum absolute atomic E-state index is 0.0639. The molecule has 0 aliphatic carbocycles. The molecule has 6 nitrogen and oxygen atoms in total. The van der Waals surface area contributed by atoms with Crippen molar-refractivity contribution in [3.8, 4) is 0 Å². The van der Waals surface area contributed by atoms with Gasteiger partial charge in [0.15, 0.2) is 5.13 Å². The fraction of sp³-hybridized carbons (Fsp3) is 0.500. The highest BCUT2D eigenvalue weighted by Crippen LogP contribution is 2.30. The third-order valence-corrected chi connectivity index (χ3v) is 6.99. The van der Waals surface area contributed by atoms with Crippen molar-refractivity contribution in [2.45, 2.75) is 6.04 Å². The largest absolute Gasteiger partial charge is 0.379 e. The molecule has 0 spiro atoms. The van der Waals surface area contributed by atoms with Crippen LogP contribution in [-0.4, -0.2) is 56.8 Å². The molecule has 2 heterocycles. The molecule has 23 heavy (non-hydrogen) atoms. The van der Waals surface area contributed by atoms with Crippen molar-refractivity contribution in [2.24, 2.45) is 5.92 Å². The average Bonchev–Trinajstić information content (AvgIpc) is 3.05. The molecule has 1 aliphatic heterocycles. The summed E-state index contributed by atoms with van der Waals surface area (Å²) in [5.74, 6) is -0.0352. The van der Waals surface area contributed by atoms with Crippen LogP contribution >= 0.6 is 22.9 Å². The third kappa shape index (κ3) is 3.77. The van der Waals surface area contributed by atoms with Gasteiger partial charge in [-0.25, -0.2) is 17.7 Å². The maximum Gasteiger partial charge on any atom is 0.214 e. The number of anilines is 1. The van der Waals surface area contributed by atoms with Crippen molar-refractivity contribution < 1.29 is 13.2 Å². The Balaban J connectivity index is 1.75. The number of nitrogens with zero attached hydrogens (tertiary/aromatic N) is 2. The summed E-state index contributed by atoms with van der Waals surface area (Å²) in [6.07, 6.45) is 0. The normalized spacial score (nSPS) is 22.1. The lowest BCUT2D eigenvalue weighted by Crippen LogP contribution is -2.36. The molecule has 2 atom stereocenters. The molecule has 1 N–H and O–H groups in total. The van der Waals surface area contributed by atoms with E-state index in [2.05, 4.69) is 10.3 Å². The summed E-state index contributed by atoms with van der Waals surface area (Å²) >= 11 is 7.49. The van der Waals surface area contributed by atoms with Gasteiger partial charge in [0.05, 0.1) is 35.2 Å². The zero-order valence-electron chi connectivity index (χ0n) is 12.8. The van der Waals surface area contributed by atoms with Crippen LogP contribution in [0.5, 0.6) is 0 Å². The van der Waals surface area contributed by atoms with Crippen LogP contribution in [-0.2, 0) is 14.8 Å². The van der Waals surface area contributed by atoms with E-state index in [1.807, 2.05) is 12.1 Å². The van der Waals surface area contributed by atoms with E-state index in [9.17, 15) is 8.42 Å². The van der Waals surface area contributed by atoms with E-state index >= 15 is 0 Å². The van der Waals surface area contributed by atoms with E-state index in [1.165, 1.54) is 15.6 Å². The number of hydrogen-bond acceptors (Lipinski definition) is 6. The van der Waals surface area contributed by atoms with Crippen molar-refractivity contribution in [1.82, 2.24) is 9.29 Å². The minimum atomic E-state index is -3.26. The standard InChI is InChI=1S/C14H18ClN3O3S2/c1-18(2)23(19,20)8-9-6-21-7-12(9)17-14-16-11-4-3-10(15)5-13(11)22-14/h3-5,9,12H,6-8H2,1-2H3,(H,16,17)/t9-,12+/m0/s1. The van der Waals surface area contributed by atoms with Gasteiger partial charge in [-0.3, -0.25) is 0 Å². The second-order valence-corrected chi connectivity index (χ2v) is 9.43. The number of benzene rings is 1. The van der Waals surface area contributed by atoms with E-state index in [1.54, 1.807) is 20.2 Å². The maximum absolute atomic E-state index is 12.1. The van der Waals surface area contributed by atoms with Crippen LogP contribution in [0.4, 0.5) is 5.13 Å². The van der Waals surface area contributed by atoms with Crippen LogP contribution in [0.25, 0.3) is 10.2 Å². The van der Waals surface area contributed by atoms with Crippen LogP contribution < -0.4 is 5.32 Å². The van der Waals surface area contributed by atoms with E-state index in [4.69, 9.17) is 16.3 Å². The van der Waals surface area contributed by atoms with E-state index in [-0.39, 0.29) is 17.7 Å². The number of hydrogen-bond donors (Lipinski definition) is 1. The summed E-state index contributed by atoms with van der Waals surface area (Å²) in [5.41, 5.74) is 0.873. The fourth-order valence-corrected chi connectivity index (χ4v) is 4.83. The first kappa shape index (κ1) is 16.9. The Kier molecular flexibility index (Phi) is 4.80. The molecule has 9 heteroatoms. The molecule has 2 aromatic rings. The quantitative estimate of drug-likeness (QED) is 0.867. The molecule has 1 fully saturated rings. The number of fused-ring (bicyclic) bond motifs is 1. The highest BCUT2D eigenvalue weighted by molar-refractivity contribution is 7.89. The summed E-state index contributed by atoms with van der Waals surface area (Å²) in [6, 6.07) is 5.48. The molecule has 0 bridgehead atoms. The topological polar surface area (TPSA) is 71.5 Å². The first-order valence-corrected chi connectivity index (χ1v) is 9.96. The van der Waals surface area contributed by atoms with Gasteiger partial charge >= 0.3 is 0 Å². The zero-order chi connectivity index (χ0) is 16.6. The van der Waals surface area contributed by atoms with Gasteiger partial charge in [0.2, 0.25) is 10.0 Å². The summed E-state index contributed by atoms with van der Waals surface area (Å²) in [5, 5.41) is 4.75. The van der Waals surface area contributed by atoms with Crippen LogP contribution in [0.15, 0.2) is 18.2 Å². The predicted molar refractivity (Wildman–Crippen MR) is 93.8 cm³/mol. The van der Waals surface area contributed by atoms with Crippen molar-refractivity contribution in [3.05, 3.63) is 23.2 Å². The first-order chi connectivity index (χ1) is 10.8. The Morgan fingerprint density at radius 2 is 2.22 bits per heavy atom. The van der Waals surface area contributed by atoms with Gasteiger partial charge in [0, 0.05) is 25.0 Å². The Bertz CT molecular complexity index is 807. The zero-order valence-corrected chi connectivity index (χ0v) is 15.2. The monoisotopic (exact) mass is 375 g/mol. The van der Waals surface area contributed by atoms with Crippen LogP contribution in [0.2, 0.25) is 5.02 Å². The highest BCUT2D eigenvalue weighted by atomic mass is 35.5. The lowest BCUT2D eigenvalue weighted by molar-refractivity contribution is 0.187. The molecule has 1 aromatic heterocycles. The third-order valence-electron chi connectivity index (χ3n) is 3.84. The van der Waals surface area contributed by atoms with Crippen molar-refractivity contribution in [3.63, 3.8) is 0 Å². The van der Waals surface area contributed by atoms with Crippen molar-refractivity contribution >= 4 is 48.3 Å². The second-order valence-electron chi connectivity index (χ2n) is 5.74. The van der Waals surface area contributed by atoms with E-state index in [0.29, 0.717) is 18.2 Å². The number of halogens is 1. The number of rotatable bonds is 5. The SMILES string of the molecule is CN(C)S(=O)(=O)C[C@@H]1COC[C@H]1Nc1nc2ccc(Cl)cc2s1. The summed E-state index contributed by atoms with van der Waals surface area (Å²) in [6.45, 7) is 0.908. The highest BCUT2D eigenvalue weighted by Gasteiger charge is 2.33. The Morgan fingerprint density at radius 3 is 2.96 bits per heavy atom. The Labute approximate surface area is 144 Å². The van der Waals surface area contributed by atoms with Crippen LogP contribution in [0.1, 0.15) is 0 Å². The van der Waals surface area contributed by atoms with E-state index in [0.717, 1.165) is 15.3 Å². The number of sulfonamides is 1. The van der Waals surface area contributed by atoms with Gasteiger partial charge in [-0.05, 0) is 18.2 Å². The van der Waals surface area contributed by atoms with Gasteiger partial charge in [0.25, 0.3) is 0 Å². The molecule has 1 aromatic carbocycles. The molecule has 0 saturated carbocycles. The number of thiazole rings is 1. The van der Waals surface area contributed by atoms with Crippen LogP contribution in [0, 0.1) is 5.92 Å². The molecular formula is C14H18ClN3O3S2. The smallest absolute Gasteiger partial charge is 0.214 e. The molecule has 126 valence electrons. The molecule has 3 rings (SSSR count). The number of aromatic nitrogens is 1. The average molecular weight is 376 g/mol. The molecule has 1 saturated heterocycles. The summed E-state index contributed by atoms with van der Waals surface area (Å²) in [4.78, 5) is 4.52. The van der Waals surface area contributed by atoms with Gasteiger partial charge < -0.3 is 10.1 Å². The summed E-state index contributed by atoms with van der Waals surface area (Å²) in [7, 11) is -0.165. The molecule has 0 amide bonds. The Hall–Kier alpha value is -0.930. The molecule has 1 aliphatic rings.